The second-order valence-corrected chi connectivity index (χ2v) is 3.91. The first-order chi connectivity index (χ1) is 6.68. The first kappa shape index (κ1) is 11.5. The number of hydrogen-bond acceptors (Lipinski definition) is 3. The minimum Gasteiger partial charge on any atom is -0.369 e. The van der Waals surface area contributed by atoms with Gasteiger partial charge >= 0.3 is 0 Å². The Morgan fingerprint density at radius 3 is 2.64 bits per heavy atom. The lowest BCUT2D eigenvalue weighted by atomic mass is 10.3. The maximum Gasteiger partial charge on any atom is 0.269 e. The molecule has 1 rings (SSSR count). The number of rotatable bonds is 5. The summed E-state index contributed by atoms with van der Waals surface area (Å²) < 4.78 is 5.13. The lowest BCUT2D eigenvalue weighted by molar-refractivity contribution is -0.144. The van der Waals surface area contributed by atoms with Gasteiger partial charge in [-0.3, -0.25) is 9.63 Å². The first-order valence-electron chi connectivity index (χ1n) is 5.24. The Kier molecular flexibility index (Phi) is 4.90. The Hall–Kier alpha value is -0.610. The van der Waals surface area contributed by atoms with Gasteiger partial charge in [-0.2, -0.15) is 0 Å². The van der Waals surface area contributed by atoms with Crippen LogP contribution in [0.25, 0.3) is 0 Å². The summed E-state index contributed by atoms with van der Waals surface area (Å²) in [5.41, 5.74) is 2.42. The molecule has 0 unspecified atom stereocenters. The molecule has 82 valence electrons. The zero-order chi connectivity index (χ0) is 10.4. The topological polar surface area (TPSA) is 47.6 Å². The van der Waals surface area contributed by atoms with E-state index >= 15 is 0 Å². The van der Waals surface area contributed by atoms with Crippen LogP contribution in [-0.2, 0) is 14.4 Å². The predicted molar refractivity (Wildman–Crippen MR) is 52.6 cm³/mol. The molecule has 1 aliphatic rings. The van der Waals surface area contributed by atoms with E-state index in [1.807, 2.05) is 13.8 Å². The van der Waals surface area contributed by atoms with Crippen LogP contribution in [0.4, 0.5) is 0 Å². The number of ether oxygens (including phenoxy) is 1. The largest absolute Gasteiger partial charge is 0.369 e. The van der Waals surface area contributed by atoms with Gasteiger partial charge in [0, 0.05) is 0 Å². The highest BCUT2D eigenvalue weighted by atomic mass is 16.7. The van der Waals surface area contributed by atoms with E-state index in [0.717, 1.165) is 12.8 Å². The Morgan fingerprint density at radius 2 is 2.07 bits per heavy atom. The van der Waals surface area contributed by atoms with Crippen molar-refractivity contribution in [3.05, 3.63) is 0 Å². The Morgan fingerprint density at radius 1 is 1.43 bits per heavy atom. The Labute approximate surface area is 84.9 Å². The molecule has 1 fully saturated rings. The van der Waals surface area contributed by atoms with Gasteiger partial charge in [-0.05, 0) is 26.7 Å². The molecule has 0 radical (unpaired) electrons. The molecule has 4 nitrogen and oxygen atoms in total. The molecule has 4 heteroatoms. The molecule has 0 bridgehead atoms. The fraction of sp³-hybridized carbons (Fsp3) is 0.900. The van der Waals surface area contributed by atoms with Crippen LogP contribution in [0.1, 0.15) is 39.5 Å². The molecule has 0 atom stereocenters. The van der Waals surface area contributed by atoms with Crippen molar-refractivity contribution in [3.63, 3.8) is 0 Å². The van der Waals surface area contributed by atoms with Crippen LogP contribution in [0, 0.1) is 0 Å². The summed E-state index contributed by atoms with van der Waals surface area (Å²) in [5.74, 6) is -0.203. The number of amides is 1. The van der Waals surface area contributed by atoms with Crippen molar-refractivity contribution in [3.8, 4) is 0 Å². The molecule has 0 aromatic rings. The molecule has 1 saturated carbocycles. The normalized spacial score (nSPS) is 17.6. The van der Waals surface area contributed by atoms with E-state index in [0.29, 0.717) is 0 Å². The van der Waals surface area contributed by atoms with E-state index in [-0.39, 0.29) is 24.7 Å². The summed E-state index contributed by atoms with van der Waals surface area (Å²) in [5, 5.41) is 0. The van der Waals surface area contributed by atoms with Crippen LogP contribution in [0.2, 0.25) is 0 Å². The van der Waals surface area contributed by atoms with Crippen molar-refractivity contribution in [2.24, 2.45) is 0 Å². The number of carbonyl (C=O) groups excluding carboxylic acids is 1. The highest BCUT2D eigenvalue weighted by Crippen LogP contribution is 2.19. The van der Waals surface area contributed by atoms with Crippen molar-refractivity contribution in [1.29, 1.82) is 0 Å². The summed E-state index contributed by atoms with van der Waals surface area (Å²) in [6, 6.07) is 0. The molecule has 1 N–H and O–H groups in total. The zero-order valence-corrected chi connectivity index (χ0v) is 8.91. The Bertz CT molecular complexity index is 176. The number of nitrogens with one attached hydrogen (secondary N) is 1. The number of hydrogen-bond donors (Lipinski definition) is 1. The smallest absolute Gasteiger partial charge is 0.269 e. The molecule has 0 aliphatic heterocycles. The van der Waals surface area contributed by atoms with Crippen molar-refractivity contribution >= 4 is 5.91 Å². The van der Waals surface area contributed by atoms with Crippen LogP contribution >= 0.6 is 0 Å². The second kappa shape index (κ2) is 5.98. The summed E-state index contributed by atoms with van der Waals surface area (Å²) >= 11 is 0. The third-order valence-corrected chi connectivity index (χ3v) is 2.19. The van der Waals surface area contributed by atoms with E-state index in [4.69, 9.17) is 9.57 Å². The minimum atomic E-state index is -0.203. The van der Waals surface area contributed by atoms with E-state index in [1.54, 1.807) is 0 Å². The van der Waals surface area contributed by atoms with Gasteiger partial charge in [0.1, 0.15) is 6.61 Å². The third-order valence-electron chi connectivity index (χ3n) is 2.19. The van der Waals surface area contributed by atoms with Crippen LogP contribution in [0.3, 0.4) is 0 Å². The summed E-state index contributed by atoms with van der Waals surface area (Å²) in [6.45, 7) is 3.86. The lowest BCUT2D eigenvalue weighted by Gasteiger charge is -2.12. The van der Waals surface area contributed by atoms with Gasteiger partial charge in [-0.1, -0.05) is 12.8 Å². The molecular weight excluding hydrogens is 182 g/mol. The van der Waals surface area contributed by atoms with E-state index < -0.39 is 0 Å². The summed E-state index contributed by atoms with van der Waals surface area (Å²) in [7, 11) is 0. The van der Waals surface area contributed by atoms with Gasteiger partial charge in [-0.25, -0.2) is 5.48 Å². The van der Waals surface area contributed by atoms with Crippen LogP contribution in [0.5, 0.6) is 0 Å². The molecule has 1 aliphatic carbocycles. The van der Waals surface area contributed by atoms with Gasteiger partial charge < -0.3 is 4.74 Å². The fourth-order valence-corrected chi connectivity index (χ4v) is 1.43. The van der Waals surface area contributed by atoms with Gasteiger partial charge in [0.25, 0.3) is 5.91 Å². The van der Waals surface area contributed by atoms with Crippen molar-refractivity contribution in [2.75, 3.05) is 6.61 Å². The maximum absolute atomic E-state index is 11.1. The van der Waals surface area contributed by atoms with Crippen LogP contribution in [0.15, 0.2) is 0 Å². The van der Waals surface area contributed by atoms with E-state index in [1.165, 1.54) is 12.8 Å². The van der Waals surface area contributed by atoms with Gasteiger partial charge in [0.2, 0.25) is 0 Å². The first-order valence-corrected chi connectivity index (χ1v) is 5.24. The molecule has 0 spiro atoms. The van der Waals surface area contributed by atoms with E-state index in [9.17, 15) is 4.79 Å². The van der Waals surface area contributed by atoms with Crippen molar-refractivity contribution < 1.29 is 14.4 Å². The molecule has 1 amide bonds. The average Bonchev–Trinajstić information content (AvgIpc) is 2.63. The van der Waals surface area contributed by atoms with Gasteiger partial charge in [0.15, 0.2) is 0 Å². The minimum absolute atomic E-state index is 0.0738. The van der Waals surface area contributed by atoms with Gasteiger partial charge in [0.05, 0.1) is 12.2 Å². The standard InChI is InChI=1S/C10H19NO3/c1-8(2)13-7-10(12)11-14-9-5-3-4-6-9/h8-9H,3-7H2,1-2H3,(H,11,12). The summed E-state index contributed by atoms with van der Waals surface area (Å²) in [4.78, 5) is 16.4. The highest BCUT2D eigenvalue weighted by molar-refractivity contribution is 5.76. The number of carbonyl (C=O) groups is 1. The molecule has 0 aromatic carbocycles. The van der Waals surface area contributed by atoms with Gasteiger partial charge in [-0.15, -0.1) is 0 Å². The predicted octanol–water partition coefficient (Wildman–Crippen LogP) is 1.40. The molecule has 0 aromatic heterocycles. The maximum atomic E-state index is 11.1. The van der Waals surface area contributed by atoms with Crippen molar-refractivity contribution in [1.82, 2.24) is 5.48 Å². The molecule has 0 saturated heterocycles. The fourth-order valence-electron chi connectivity index (χ4n) is 1.43. The van der Waals surface area contributed by atoms with E-state index in [2.05, 4.69) is 5.48 Å². The molecular formula is C10H19NO3. The SMILES string of the molecule is CC(C)OCC(=O)NOC1CCCC1. The Balaban J connectivity index is 2.02. The van der Waals surface area contributed by atoms with Crippen molar-refractivity contribution in [2.45, 2.75) is 51.7 Å². The quantitative estimate of drug-likeness (QED) is 0.684. The molecule has 0 heterocycles. The highest BCUT2D eigenvalue weighted by Gasteiger charge is 2.16. The monoisotopic (exact) mass is 201 g/mol. The van der Waals surface area contributed by atoms with Crippen LogP contribution in [-0.4, -0.2) is 24.7 Å². The number of hydroxylamine groups is 1. The second-order valence-electron chi connectivity index (χ2n) is 3.91. The lowest BCUT2D eigenvalue weighted by Crippen LogP contribution is -2.32. The molecule has 14 heavy (non-hydrogen) atoms. The average molecular weight is 201 g/mol. The zero-order valence-electron chi connectivity index (χ0n) is 8.91. The third kappa shape index (κ3) is 4.58. The van der Waals surface area contributed by atoms with Crippen LogP contribution < -0.4 is 5.48 Å². The summed E-state index contributed by atoms with van der Waals surface area (Å²) in [6.07, 6.45) is 4.77.